The van der Waals surface area contributed by atoms with Crippen LogP contribution in [0.5, 0.6) is 5.75 Å². The number of sulfonamides is 1. The van der Waals surface area contributed by atoms with Crippen LogP contribution in [0.3, 0.4) is 0 Å². The molecule has 0 spiro atoms. The van der Waals surface area contributed by atoms with E-state index in [-0.39, 0.29) is 37.4 Å². The fraction of sp³-hybridized carbons (Fsp3) is 0.517. The van der Waals surface area contributed by atoms with Gasteiger partial charge in [0.15, 0.2) is 0 Å². The summed E-state index contributed by atoms with van der Waals surface area (Å²) in [5.74, 6) is 0.283. The third kappa shape index (κ3) is 9.04. The van der Waals surface area contributed by atoms with Crippen LogP contribution >= 0.6 is 0 Å². The highest BCUT2D eigenvalue weighted by atomic mass is 32.2. The number of amides is 2. The summed E-state index contributed by atoms with van der Waals surface area (Å²) in [6.45, 7) is 8.27. The van der Waals surface area contributed by atoms with Gasteiger partial charge in [-0.05, 0) is 68.0 Å². The Morgan fingerprint density at radius 1 is 1.00 bits per heavy atom. The molecule has 9 heteroatoms. The molecular formula is C29H43N3O5S. The minimum absolute atomic E-state index is 0.00672. The van der Waals surface area contributed by atoms with Gasteiger partial charge in [-0.15, -0.1) is 0 Å². The van der Waals surface area contributed by atoms with E-state index < -0.39 is 16.1 Å². The van der Waals surface area contributed by atoms with E-state index in [0.717, 1.165) is 24.0 Å². The molecule has 2 aromatic carbocycles. The third-order valence-electron chi connectivity index (χ3n) is 6.66. The van der Waals surface area contributed by atoms with Crippen molar-refractivity contribution < 1.29 is 22.7 Å². The lowest BCUT2D eigenvalue weighted by molar-refractivity contribution is -0.141. The van der Waals surface area contributed by atoms with Crippen molar-refractivity contribution in [2.24, 2.45) is 0 Å². The number of hydrogen-bond donors (Lipinski definition) is 1. The Balaban J connectivity index is 2.24. The van der Waals surface area contributed by atoms with Crippen LogP contribution in [0.1, 0.15) is 64.5 Å². The summed E-state index contributed by atoms with van der Waals surface area (Å²) in [7, 11) is -1.95. The van der Waals surface area contributed by atoms with Crippen LogP contribution in [-0.4, -0.2) is 57.1 Å². The number of anilines is 1. The number of nitrogens with one attached hydrogen (secondary N) is 1. The van der Waals surface area contributed by atoms with Gasteiger partial charge < -0.3 is 15.0 Å². The van der Waals surface area contributed by atoms with Crippen LogP contribution in [0.15, 0.2) is 48.5 Å². The Morgan fingerprint density at radius 2 is 1.68 bits per heavy atom. The smallest absolute Gasteiger partial charge is 0.243 e. The minimum Gasteiger partial charge on any atom is -0.497 e. The van der Waals surface area contributed by atoms with E-state index in [0.29, 0.717) is 24.3 Å². The van der Waals surface area contributed by atoms with Crippen LogP contribution in [0.2, 0.25) is 0 Å². The lowest BCUT2D eigenvalue weighted by Gasteiger charge is -2.32. The first kappa shape index (κ1) is 31.1. The second kappa shape index (κ2) is 14.8. The molecule has 0 fully saturated rings. The van der Waals surface area contributed by atoms with Gasteiger partial charge in [0.2, 0.25) is 21.8 Å². The third-order valence-corrected chi connectivity index (χ3v) is 7.85. The maximum atomic E-state index is 13.6. The highest BCUT2D eigenvalue weighted by Gasteiger charge is 2.29. The van der Waals surface area contributed by atoms with Crippen LogP contribution < -0.4 is 14.4 Å². The molecule has 0 aliphatic carbocycles. The highest BCUT2D eigenvalue weighted by Crippen LogP contribution is 2.21. The molecule has 2 rings (SSSR count). The van der Waals surface area contributed by atoms with Crippen molar-refractivity contribution in [2.45, 2.75) is 78.4 Å². The lowest BCUT2D eigenvalue weighted by atomic mass is 10.1. The molecule has 0 heterocycles. The molecule has 2 atom stereocenters. The van der Waals surface area contributed by atoms with Crippen molar-refractivity contribution in [1.82, 2.24) is 10.2 Å². The molecule has 2 amide bonds. The van der Waals surface area contributed by atoms with Crippen LogP contribution in [0.25, 0.3) is 0 Å². The molecule has 0 saturated heterocycles. The van der Waals surface area contributed by atoms with E-state index >= 15 is 0 Å². The van der Waals surface area contributed by atoms with Crippen molar-refractivity contribution in [2.75, 3.05) is 24.2 Å². The number of aryl methyl sites for hydroxylation is 1. The Bertz CT molecular complexity index is 1150. The van der Waals surface area contributed by atoms with Crippen molar-refractivity contribution >= 4 is 27.5 Å². The molecule has 8 nitrogen and oxygen atoms in total. The average molecular weight is 546 g/mol. The number of hydrogen-bond acceptors (Lipinski definition) is 5. The molecule has 2 aromatic rings. The van der Waals surface area contributed by atoms with Gasteiger partial charge in [0.1, 0.15) is 11.8 Å². The van der Waals surface area contributed by atoms with Crippen molar-refractivity contribution in [3.8, 4) is 5.75 Å². The van der Waals surface area contributed by atoms with Gasteiger partial charge in [0, 0.05) is 25.6 Å². The molecule has 38 heavy (non-hydrogen) atoms. The Labute approximate surface area is 228 Å². The number of methoxy groups -OCH3 is 1. The fourth-order valence-corrected chi connectivity index (χ4v) is 5.20. The monoisotopic (exact) mass is 545 g/mol. The fourth-order valence-electron chi connectivity index (χ4n) is 4.23. The summed E-state index contributed by atoms with van der Waals surface area (Å²) in [5.41, 5.74) is 2.54. The quantitative estimate of drug-likeness (QED) is 0.355. The summed E-state index contributed by atoms with van der Waals surface area (Å²) < 4.78 is 31.7. The van der Waals surface area contributed by atoms with Crippen molar-refractivity contribution in [1.29, 1.82) is 0 Å². The van der Waals surface area contributed by atoms with Crippen LogP contribution in [0.4, 0.5) is 5.69 Å². The molecule has 210 valence electrons. The van der Waals surface area contributed by atoms with Gasteiger partial charge >= 0.3 is 0 Å². The Hall–Kier alpha value is -3.07. The van der Waals surface area contributed by atoms with Gasteiger partial charge in [-0.25, -0.2) is 8.42 Å². The van der Waals surface area contributed by atoms with Gasteiger partial charge in [0.05, 0.1) is 19.1 Å². The molecule has 0 bridgehead atoms. The summed E-state index contributed by atoms with van der Waals surface area (Å²) in [6, 6.07) is 14.2. The van der Waals surface area contributed by atoms with E-state index in [1.54, 1.807) is 24.1 Å². The zero-order valence-corrected chi connectivity index (χ0v) is 24.4. The first-order chi connectivity index (χ1) is 18.0. The molecule has 0 aliphatic rings. The van der Waals surface area contributed by atoms with Crippen LogP contribution in [0, 0.1) is 0 Å². The predicted molar refractivity (Wildman–Crippen MR) is 153 cm³/mol. The van der Waals surface area contributed by atoms with Gasteiger partial charge in [-0.2, -0.15) is 0 Å². The standard InChI is InChI=1S/C29H43N3O5S/c1-7-22(4)30-29(34)27(9-3)31(21-24-12-10-13-26(20-24)37-5)28(33)14-11-19-32(38(6,35)36)25-17-15-23(8-2)16-18-25/h10,12-13,15-18,20,22,27H,7-9,11,14,19,21H2,1-6H3,(H,30,34)/t22-,27+/m1/s1. The maximum Gasteiger partial charge on any atom is 0.243 e. The zero-order valence-electron chi connectivity index (χ0n) is 23.6. The number of nitrogens with zero attached hydrogens (tertiary/aromatic N) is 2. The van der Waals surface area contributed by atoms with Gasteiger partial charge in [0.25, 0.3) is 0 Å². The summed E-state index contributed by atoms with van der Waals surface area (Å²) in [5, 5.41) is 3.00. The maximum absolute atomic E-state index is 13.6. The number of rotatable bonds is 15. The molecule has 0 radical (unpaired) electrons. The topological polar surface area (TPSA) is 96.0 Å². The van der Waals surface area contributed by atoms with Crippen LogP contribution in [-0.2, 0) is 32.6 Å². The number of carbonyl (C=O) groups is 2. The van der Waals surface area contributed by atoms with E-state index in [1.807, 2.05) is 64.1 Å². The van der Waals surface area contributed by atoms with E-state index in [2.05, 4.69) is 5.32 Å². The number of ether oxygens (including phenoxy) is 1. The highest BCUT2D eigenvalue weighted by molar-refractivity contribution is 7.92. The Morgan fingerprint density at radius 3 is 2.24 bits per heavy atom. The molecule has 0 unspecified atom stereocenters. The largest absolute Gasteiger partial charge is 0.497 e. The first-order valence-corrected chi connectivity index (χ1v) is 15.2. The van der Waals surface area contributed by atoms with Gasteiger partial charge in [-0.1, -0.05) is 45.0 Å². The van der Waals surface area contributed by atoms with Crippen molar-refractivity contribution in [3.05, 3.63) is 59.7 Å². The Kier molecular flexibility index (Phi) is 12.1. The normalized spacial score (nSPS) is 12.9. The van der Waals surface area contributed by atoms with E-state index in [4.69, 9.17) is 4.74 Å². The minimum atomic E-state index is -3.53. The first-order valence-electron chi connectivity index (χ1n) is 13.3. The molecule has 0 saturated carbocycles. The molecular weight excluding hydrogens is 502 g/mol. The summed E-state index contributed by atoms with van der Waals surface area (Å²) in [6.07, 6.45) is 3.70. The lowest BCUT2D eigenvalue weighted by Crippen LogP contribution is -2.50. The molecule has 0 aliphatic heterocycles. The van der Waals surface area contributed by atoms with E-state index in [1.165, 1.54) is 10.6 Å². The number of carbonyl (C=O) groups excluding carboxylic acids is 2. The predicted octanol–water partition coefficient (Wildman–Crippen LogP) is 4.53. The molecule has 0 aromatic heterocycles. The SMILES string of the molecule is CCc1ccc(N(CCCC(=O)N(Cc2cccc(OC)c2)[C@@H](CC)C(=O)N[C@H](C)CC)S(C)(=O)=O)cc1. The average Bonchev–Trinajstić information content (AvgIpc) is 2.90. The summed E-state index contributed by atoms with van der Waals surface area (Å²) >= 11 is 0. The van der Waals surface area contributed by atoms with Crippen molar-refractivity contribution in [3.63, 3.8) is 0 Å². The van der Waals surface area contributed by atoms with E-state index in [9.17, 15) is 18.0 Å². The summed E-state index contributed by atoms with van der Waals surface area (Å²) in [4.78, 5) is 28.3. The zero-order chi connectivity index (χ0) is 28.3. The molecule has 1 N–H and O–H groups in total. The second-order valence-electron chi connectivity index (χ2n) is 9.57. The van der Waals surface area contributed by atoms with Gasteiger partial charge in [-0.3, -0.25) is 13.9 Å². The second-order valence-corrected chi connectivity index (χ2v) is 11.5. The number of benzene rings is 2.